The molecule has 1 unspecified atom stereocenters. The molecule has 0 aliphatic rings. The first-order valence-electron chi connectivity index (χ1n) is 7.24. The van der Waals surface area contributed by atoms with Crippen LogP contribution < -0.4 is 16.0 Å². The Morgan fingerprint density at radius 3 is 2.17 bits per heavy atom. The number of alkyl carbamates (subject to hydrolysis) is 1. The van der Waals surface area contributed by atoms with Crippen molar-refractivity contribution in [3.05, 3.63) is 0 Å². The summed E-state index contributed by atoms with van der Waals surface area (Å²) in [6, 6.07) is -0.864. The van der Waals surface area contributed by atoms with Gasteiger partial charge in [-0.3, -0.25) is 14.4 Å². The Labute approximate surface area is 135 Å². The topological polar surface area (TPSA) is 123 Å². The van der Waals surface area contributed by atoms with Gasteiger partial charge in [-0.05, 0) is 34.6 Å². The largest absolute Gasteiger partial charge is 0.465 e. The third kappa shape index (κ3) is 11.0. The summed E-state index contributed by atoms with van der Waals surface area (Å²) in [4.78, 5) is 45.8. The maximum atomic E-state index is 11.7. The Morgan fingerprint density at radius 2 is 1.65 bits per heavy atom. The summed E-state index contributed by atoms with van der Waals surface area (Å²) in [5, 5.41) is 6.98. The number of rotatable bonds is 7. The Bertz CT molecular complexity index is 444. The van der Waals surface area contributed by atoms with Crippen LogP contribution in [0.15, 0.2) is 0 Å². The number of nitrogens with one attached hydrogen (secondary N) is 3. The van der Waals surface area contributed by atoms with Crippen LogP contribution in [0.5, 0.6) is 0 Å². The second-order valence-electron chi connectivity index (χ2n) is 5.67. The Morgan fingerprint density at radius 1 is 1.04 bits per heavy atom. The van der Waals surface area contributed by atoms with E-state index in [1.807, 2.05) is 0 Å². The van der Waals surface area contributed by atoms with Gasteiger partial charge < -0.3 is 25.4 Å². The molecule has 1 atom stereocenters. The lowest BCUT2D eigenvalue weighted by atomic mass is 10.2. The number of ether oxygens (including phenoxy) is 2. The monoisotopic (exact) mass is 331 g/mol. The zero-order valence-corrected chi connectivity index (χ0v) is 14.1. The quantitative estimate of drug-likeness (QED) is 0.550. The molecule has 0 aromatic carbocycles. The van der Waals surface area contributed by atoms with E-state index in [2.05, 4.69) is 20.7 Å². The average Bonchev–Trinajstić information content (AvgIpc) is 2.41. The molecule has 0 heterocycles. The molecule has 9 heteroatoms. The zero-order chi connectivity index (χ0) is 18.0. The van der Waals surface area contributed by atoms with Crippen LogP contribution in [0.4, 0.5) is 4.79 Å². The molecule has 132 valence electrons. The molecule has 0 aliphatic heterocycles. The second-order valence-corrected chi connectivity index (χ2v) is 5.67. The van der Waals surface area contributed by atoms with Crippen molar-refractivity contribution >= 4 is 23.9 Å². The smallest absolute Gasteiger partial charge is 0.408 e. The van der Waals surface area contributed by atoms with E-state index >= 15 is 0 Å². The average molecular weight is 331 g/mol. The standard InChI is InChI=1S/C14H25N3O6/c1-6-22-11(19)8-15-12(20)9(2)17-10(18)7-16-13(21)23-14(3,4)5/h9H,6-8H2,1-5H3,(H,15,20)(H,16,21)(H,17,18). The lowest BCUT2D eigenvalue weighted by molar-refractivity contribution is -0.143. The molecule has 0 spiro atoms. The summed E-state index contributed by atoms with van der Waals surface area (Å²) in [5.74, 6) is -1.66. The molecule has 0 aliphatic carbocycles. The fourth-order valence-corrected chi connectivity index (χ4v) is 1.35. The minimum Gasteiger partial charge on any atom is -0.465 e. The van der Waals surface area contributed by atoms with Gasteiger partial charge in [0, 0.05) is 0 Å². The number of carbonyl (C=O) groups is 4. The van der Waals surface area contributed by atoms with Gasteiger partial charge >= 0.3 is 12.1 Å². The predicted molar refractivity (Wildman–Crippen MR) is 81.5 cm³/mol. The minimum absolute atomic E-state index is 0.220. The van der Waals surface area contributed by atoms with E-state index in [1.165, 1.54) is 6.92 Å². The van der Waals surface area contributed by atoms with Crippen LogP contribution in [0, 0.1) is 0 Å². The van der Waals surface area contributed by atoms with Crippen LogP contribution in [-0.4, -0.2) is 55.2 Å². The van der Waals surface area contributed by atoms with E-state index in [-0.39, 0.29) is 19.7 Å². The molecule has 0 fully saturated rings. The summed E-state index contributed by atoms with van der Waals surface area (Å²) in [6.07, 6.45) is -0.730. The lowest BCUT2D eigenvalue weighted by Gasteiger charge is -2.20. The Balaban J connectivity index is 4.07. The summed E-state index contributed by atoms with van der Waals surface area (Å²) in [7, 11) is 0. The van der Waals surface area contributed by atoms with E-state index in [9.17, 15) is 19.2 Å². The van der Waals surface area contributed by atoms with Gasteiger partial charge in [0.1, 0.15) is 24.7 Å². The van der Waals surface area contributed by atoms with Crippen LogP contribution in [0.2, 0.25) is 0 Å². The summed E-state index contributed by atoms with van der Waals surface area (Å²) in [6.45, 7) is 7.81. The summed E-state index contributed by atoms with van der Waals surface area (Å²) in [5.41, 5.74) is -0.666. The maximum Gasteiger partial charge on any atom is 0.408 e. The summed E-state index contributed by atoms with van der Waals surface area (Å²) < 4.78 is 9.62. The van der Waals surface area contributed by atoms with Crippen molar-refractivity contribution in [1.29, 1.82) is 0 Å². The van der Waals surface area contributed by atoms with Crippen LogP contribution in [0.1, 0.15) is 34.6 Å². The first-order valence-corrected chi connectivity index (χ1v) is 7.24. The molecule has 3 amide bonds. The van der Waals surface area contributed by atoms with E-state index in [4.69, 9.17) is 4.74 Å². The van der Waals surface area contributed by atoms with Gasteiger partial charge in [-0.2, -0.15) is 0 Å². The number of hydrogen-bond acceptors (Lipinski definition) is 6. The number of esters is 1. The van der Waals surface area contributed by atoms with Crippen LogP contribution >= 0.6 is 0 Å². The fraction of sp³-hybridized carbons (Fsp3) is 0.714. The highest BCUT2D eigenvalue weighted by atomic mass is 16.6. The highest BCUT2D eigenvalue weighted by Crippen LogP contribution is 2.05. The van der Waals surface area contributed by atoms with E-state index in [0.717, 1.165) is 0 Å². The third-order valence-corrected chi connectivity index (χ3v) is 2.28. The predicted octanol–water partition coefficient (Wildman–Crippen LogP) is -0.305. The van der Waals surface area contributed by atoms with Crippen molar-refractivity contribution in [3.8, 4) is 0 Å². The van der Waals surface area contributed by atoms with Crippen molar-refractivity contribution in [2.45, 2.75) is 46.3 Å². The number of amides is 3. The SMILES string of the molecule is CCOC(=O)CNC(=O)C(C)NC(=O)CNC(=O)OC(C)(C)C. The van der Waals surface area contributed by atoms with Crippen molar-refractivity contribution < 1.29 is 28.7 Å². The van der Waals surface area contributed by atoms with E-state index < -0.39 is 35.5 Å². The first-order chi connectivity index (χ1) is 10.5. The summed E-state index contributed by atoms with van der Waals surface area (Å²) >= 11 is 0. The van der Waals surface area contributed by atoms with Crippen molar-refractivity contribution in [3.63, 3.8) is 0 Å². The van der Waals surface area contributed by atoms with Gasteiger partial charge in [-0.25, -0.2) is 4.79 Å². The van der Waals surface area contributed by atoms with Gasteiger partial charge in [0.15, 0.2) is 0 Å². The third-order valence-electron chi connectivity index (χ3n) is 2.28. The zero-order valence-electron chi connectivity index (χ0n) is 14.1. The number of hydrogen-bond donors (Lipinski definition) is 3. The molecule has 0 rings (SSSR count). The molecule has 0 aromatic rings. The fourth-order valence-electron chi connectivity index (χ4n) is 1.35. The molecule has 23 heavy (non-hydrogen) atoms. The highest BCUT2D eigenvalue weighted by Gasteiger charge is 2.19. The van der Waals surface area contributed by atoms with Crippen molar-refractivity contribution in [2.75, 3.05) is 19.7 Å². The van der Waals surface area contributed by atoms with Crippen molar-refractivity contribution in [1.82, 2.24) is 16.0 Å². The van der Waals surface area contributed by atoms with Gasteiger partial charge in [-0.1, -0.05) is 0 Å². The Hall–Kier alpha value is -2.32. The van der Waals surface area contributed by atoms with Crippen molar-refractivity contribution in [2.24, 2.45) is 0 Å². The van der Waals surface area contributed by atoms with Gasteiger partial charge in [0.05, 0.1) is 6.61 Å². The molecule has 0 saturated heterocycles. The normalized spacial score (nSPS) is 11.9. The van der Waals surface area contributed by atoms with Gasteiger partial charge in [-0.15, -0.1) is 0 Å². The second kappa shape index (κ2) is 9.65. The van der Waals surface area contributed by atoms with E-state index in [0.29, 0.717) is 0 Å². The first kappa shape index (κ1) is 20.7. The van der Waals surface area contributed by atoms with E-state index in [1.54, 1.807) is 27.7 Å². The molecule has 0 bridgehead atoms. The lowest BCUT2D eigenvalue weighted by Crippen LogP contribution is -2.49. The molecule has 3 N–H and O–H groups in total. The number of carbonyl (C=O) groups excluding carboxylic acids is 4. The Kier molecular flexibility index (Phi) is 8.67. The molecule has 0 saturated carbocycles. The maximum absolute atomic E-state index is 11.7. The van der Waals surface area contributed by atoms with Gasteiger partial charge in [0.2, 0.25) is 11.8 Å². The molecular weight excluding hydrogens is 306 g/mol. The molecular formula is C14H25N3O6. The molecule has 0 radical (unpaired) electrons. The van der Waals surface area contributed by atoms with Gasteiger partial charge in [0.25, 0.3) is 0 Å². The van der Waals surface area contributed by atoms with Crippen LogP contribution in [-0.2, 0) is 23.9 Å². The minimum atomic E-state index is -0.864. The van der Waals surface area contributed by atoms with Crippen LogP contribution in [0.25, 0.3) is 0 Å². The molecule has 9 nitrogen and oxygen atoms in total. The highest BCUT2D eigenvalue weighted by molar-refractivity contribution is 5.90. The van der Waals surface area contributed by atoms with Crippen LogP contribution in [0.3, 0.4) is 0 Å². The molecule has 0 aromatic heterocycles.